The summed E-state index contributed by atoms with van der Waals surface area (Å²) in [5.74, 6) is 4.96. The van der Waals surface area contributed by atoms with E-state index < -0.39 is 0 Å². The molecule has 4 aromatic rings. The zero-order valence-electron chi connectivity index (χ0n) is 30.1. The lowest BCUT2D eigenvalue weighted by atomic mass is 9.76. The molecule has 10 heteroatoms. The van der Waals surface area contributed by atoms with E-state index in [4.69, 9.17) is 33.2 Å². The Labute approximate surface area is 294 Å². The van der Waals surface area contributed by atoms with E-state index in [-0.39, 0.29) is 17.8 Å². The number of likely N-dealkylation sites (N-methyl/N-ethyl adjacent to an activating group) is 2. The van der Waals surface area contributed by atoms with Gasteiger partial charge in [-0.05, 0) is 110 Å². The maximum Gasteiger partial charge on any atom is 0.169 e. The molecular weight excluding hydrogens is 636 g/mol. The van der Waals surface area contributed by atoms with Gasteiger partial charge in [0.25, 0.3) is 0 Å². The Balaban J connectivity index is 1.32. The molecule has 10 nitrogen and oxygen atoms in total. The SMILES string of the molecule is COc1cc(Oc2cc3c(cc2OC)-c2c(OC)c(OC)cc4c2[C@H](C3)N(C)CC4)c(C[C@H]2c3cc(OC)c(OC)cc3CCN2C)cc1O. The summed E-state index contributed by atoms with van der Waals surface area (Å²) in [6.07, 6.45) is 3.21. The molecule has 0 unspecified atom stereocenters. The van der Waals surface area contributed by atoms with Gasteiger partial charge < -0.3 is 38.3 Å². The van der Waals surface area contributed by atoms with Crippen LogP contribution < -0.4 is 33.2 Å². The number of aromatic hydroxyl groups is 1. The number of ether oxygens (including phenoxy) is 7. The molecule has 4 aromatic carbocycles. The van der Waals surface area contributed by atoms with Crippen molar-refractivity contribution >= 4 is 0 Å². The predicted molar refractivity (Wildman–Crippen MR) is 191 cm³/mol. The Kier molecular flexibility index (Phi) is 9.09. The highest BCUT2D eigenvalue weighted by Gasteiger charge is 2.37. The molecule has 1 N–H and O–H groups in total. The Hall–Kier alpha value is -4.80. The van der Waals surface area contributed by atoms with Gasteiger partial charge in [0, 0.05) is 42.4 Å². The predicted octanol–water partition coefficient (Wildman–Crippen LogP) is 6.76. The lowest BCUT2D eigenvalue weighted by Crippen LogP contribution is -2.35. The number of hydrogen-bond acceptors (Lipinski definition) is 10. The van der Waals surface area contributed by atoms with Crippen molar-refractivity contribution in [2.24, 2.45) is 0 Å². The molecule has 3 aliphatic rings. The van der Waals surface area contributed by atoms with Gasteiger partial charge in [0.15, 0.2) is 46.0 Å². The van der Waals surface area contributed by atoms with E-state index in [1.54, 1.807) is 47.7 Å². The highest BCUT2D eigenvalue weighted by Crippen LogP contribution is 2.54. The van der Waals surface area contributed by atoms with E-state index in [1.165, 1.54) is 23.8 Å². The average Bonchev–Trinajstić information content (AvgIpc) is 3.13. The van der Waals surface area contributed by atoms with Gasteiger partial charge in [0.05, 0.1) is 42.7 Å². The molecule has 0 amide bonds. The minimum Gasteiger partial charge on any atom is -0.504 e. The third kappa shape index (κ3) is 5.60. The lowest BCUT2D eigenvalue weighted by molar-refractivity contribution is 0.226. The first-order chi connectivity index (χ1) is 24.2. The van der Waals surface area contributed by atoms with Gasteiger partial charge >= 0.3 is 0 Å². The largest absolute Gasteiger partial charge is 0.504 e. The molecule has 0 spiro atoms. The molecule has 0 aromatic heterocycles. The van der Waals surface area contributed by atoms with Crippen LogP contribution >= 0.6 is 0 Å². The van der Waals surface area contributed by atoms with Crippen LogP contribution in [0.1, 0.15) is 45.5 Å². The summed E-state index contributed by atoms with van der Waals surface area (Å²) < 4.78 is 41.5. The van der Waals surface area contributed by atoms with E-state index in [2.05, 4.69) is 54.2 Å². The fourth-order valence-electron chi connectivity index (χ4n) is 8.06. The maximum atomic E-state index is 11.0. The van der Waals surface area contributed by atoms with E-state index >= 15 is 0 Å². The summed E-state index contributed by atoms with van der Waals surface area (Å²) in [7, 11) is 14.2. The van der Waals surface area contributed by atoms with E-state index in [0.717, 1.165) is 77.4 Å². The maximum absolute atomic E-state index is 11.0. The number of phenolic OH excluding ortho intramolecular Hbond substituents is 1. The number of fused-ring (bicyclic) bond motifs is 3. The molecule has 50 heavy (non-hydrogen) atoms. The molecule has 0 radical (unpaired) electrons. The van der Waals surface area contributed by atoms with Crippen LogP contribution in [0.3, 0.4) is 0 Å². The molecule has 0 fully saturated rings. The van der Waals surface area contributed by atoms with Crippen molar-refractivity contribution in [1.82, 2.24) is 9.80 Å². The fourth-order valence-corrected chi connectivity index (χ4v) is 8.06. The minimum atomic E-state index is -0.00545. The second kappa shape index (κ2) is 13.5. The third-order valence-corrected chi connectivity index (χ3v) is 10.7. The van der Waals surface area contributed by atoms with E-state index in [9.17, 15) is 5.11 Å². The molecule has 7 rings (SSSR count). The van der Waals surface area contributed by atoms with E-state index in [1.807, 2.05) is 0 Å². The molecule has 0 bridgehead atoms. The number of nitrogens with zero attached hydrogens (tertiary/aromatic N) is 2. The first-order valence-electron chi connectivity index (χ1n) is 16.9. The number of hydrogen-bond donors (Lipinski definition) is 1. The number of phenols is 1. The smallest absolute Gasteiger partial charge is 0.169 e. The van der Waals surface area contributed by atoms with Crippen LogP contribution in [0.4, 0.5) is 0 Å². The van der Waals surface area contributed by atoms with Gasteiger partial charge in [-0.15, -0.1) is 0 Å². The van der Waals surface area contributed by atoms with Gasteiger partial charge in [0.2, 0.25) is 0 Å². The summed E-state index contributed by atoms with van der Waals surface area (Å²) in [6, 6.07) is 14.1. The van der Waals surface area contributed by atoms with Crippen LogP contribution in [0.25, 0.3) is 11.1 Å². The quantitative estimate of drug-likeness (QED) is 0.194. The van der Waals surface area contributed by atoms with Gasteiger partial charge in [-0.1, -0.05) is 0 Å². The summed E-state index contributed by atoms with van der Waals surface area (Å²) >= 11 is 0. The normalized spacial score (nSPS) is 18.0. The summed E-state index contributed by atoms with van der Waals surface area (Å²) in [5, 5.41) is 11.0. The molecular formula is C40H46N2O8. The summed E-state index contributed by atoms with van der Waals surface area (Å²) in [4.78, 5) is 4.74. The number of methoxy groups -OCH3 is 6. The summed E-state index contributed by atoms with van der Waals surface area (Å²) in [6.45, 7) is 1.83. The van der Waals surface area contributed by atoms with Crippen LogP contribution in [0.5, 0.6) is 51.7 Å². The first kappa shape index (κ1) is 33.7. The van der Waals surface area contributed by atoms with Gasteiger partial charge in [-0.2, -0.15) is 0 Å². The van der Waals surface area contributed by atoms with Crippen LogP contribution in [-0.2, 0) is 25.7 Å². The van der Waals surface area contributed by atoms with Crippen LogP contribution in [0, 0.1) is 0 Å². The van der Waals surface area contributed by atoms with Crippen LogP contribution in [0.2, 0.25) is 0 Å². The molecule has 1 aliphatic carbocycles. The zero-order valence-corrected chi connectivity index (χ0v) is 30.1. The van der Waals surface area contributed by atoms with Gasteiger partial charge in [-0.3, -0.25) is 9.80 Å². The third-order valence-electron chi connectivity index (χ3n) is 10.7. The minimum absolute atomic E-state index is 0.00545. The van der Waals surface area contributed by atoms with Gasteiger partial charge in [-0.25, -0.2) is 0 Å². The highest BCUT2D eigenvalue weighted by molar-refractivity contribution is 5.85. The van der Waals surface area contributed by atoms with Crippen molar-refractivity contribution in [3.8, 4) is 62.9 Å². The lowest BCUT2D eigenvalue weighted by Gasteiger charge is -2.40. The number of benzene rings is 4. The Morgan fingerprint density at radius 2 is 1.24 bits per heavy atom. The molecule has 0 saturated heterocycles. The standard InChI is InChI=1S/C40H46N2O8/c1-41-11-9-22-16-33(45-4)34(46-5)19-26(22)28(41)14-25-15-30(43)32(44-3)21-31(25)50-36-18-24-13-29-38-23(10-12-42(29)2)17-37(48-7)40(49-8)39(38)27(24)20-35(36)47-6/h15-21,28-29,43H,9-14H2,1-8H3/t28-,29-/m0/s1. The van der Waals surface area contributed by atoms with Crippen molar-refractivity contribution in [3.63, 3.8) is 0 Å². The molecule has 2 heterocycles. The Bertz CT molecular complexity index is 1940. The monoisotopic (exact) mass is 682 g/mol. The van der Waals surface area contributed by atoms with Crippen LogP contribution in [-0.4, -0.2) is 84.7 Å². The van der Waals surface area contributed by atoms with Crippen molar-refractivity contribution < 1.29 is 38.3 Å². The molecule has 2 aliphatic heterocycles. The Morgan fingerprint density at radius 3 is 1.94 bits per heavy atom. The topological polar surface area (TPSA) is 91.3 Å². The first-order valence-corrected chi connectivity index (χ1v) is 16.9. The highest BCUT2D eigenvalue weighted by atomic mass is 16.5. The van der Waals surface area contributed by atoms with Crippen molar-refractivity contribution in [3.05, 3.63) is 75.8 Å². The van der Waals surface area contributed by atoms with Gasteiger partial charge in [0.1, 0.15) is 5.75 Å². The molecule has 2 atom stereocenters. The van der Waals surface area contributed by atoms with Crippen molar-refractivity contribution in [2.75, 3.05) is 69.8 Å². The summed E-state index contributed by atoms with van der Waals surface area (Å²) in [5.41, 5.74) is 8.99. The van der Waals surface area contributed by atoms with Crippen LogP contribution in [0.15, 0.2) is 42.5 Å². The second-order valence-corrected chi connectivity index (χ2v) is 13.3. The average molecular weight is 683 g/mol. The van der Waals surface area contributed by atoms with Crippen molar-refractivity contribution in [2.45, 2.75) is 37.8 Å². The molecule has 264 valence electrons. The van der Waals surface area contributed by atoms with E-state index in [0.29, 0.717) is 35.2 Å². The number of rotatable bonds is 10. The van der Waals surface area contributed by atoms with Crippen molar-refractivity contribution in [1.29, 1.82) is 0 Å². The molecule has 0 saturated carbocycles. The fraction of sp³-hybridized carbons (Fsp3) is 0.400. The zero-order chi connectivity index (χ0) is 35.3. The Morgan fingerprint density at radius 1 is 0.620 bits per heavy atom. The second-order valence-electron chi connectivity index (χ2n) is 13.3.